The Kier molecular flexibility index (Phi) is 5.26. The van der Waals surface area contributed by atoms with E-state index in [9.17, 15) is 16.8 Å². The Morgan fingerprint density at radius 3 is 1.84 bits per heavy atom. The Bertz CT molecular complexity index is 815. The molecule has 2 aliphatic carbocycles. The Balaban J connectivity index is 1.74. The van der Waals surface area contributed by atoms with E-state index in [0.29, 0.717) is 5.92 Å². The third-order valence-electron chi connectivity index (χ3n) is 5.36. The summed E-state index contributed by atoms with van der Waals surface area (Å²) >= 11 is 0. The topological polar surface area (TPSA) is 92.3 Å². The minimum atomic E-state index is -3.65. The van der Waals surface area contributed by atoms with Gasteiger partial charge in [0, 0.05) is 12.1 Å². The van der Waals surface area contributed by atoms with E-state index in [1.807, 2.05) is 0 Å². The SMILES string of the molecule is CC1CCCC(NS(=O)(=O)c2ccc(S(=O)(=O)NC3CC3)cc2)C1C. The van der Waals surface area contributed by atoms with Gasteiger partial charge in [-0.2, -0.15) is 0 Å². The summed E-state index contributed by atoms with van der Waals surface area (Å²) in [5, 5.41) is 0. The average molecular weight is 387 g/mol. The molecule has 0 heterocycles. The lowest BCUT2D eigenvalue weighted by Crippen LogP contribution is -2.43. The lowest BCUT2D eigenvalue weighted by atomic mass is 9.78. The molecule has 6 nitrogen and oxygen atoms in total. The van der Waals surface area contributed by atoms with Gasteiger partial charge < -0.3 is 0 Å². The standard InChI is InChI=1S/C17H26N2O4S2/c1-12-4-3-5-17(13(12)2)19-25(22,23)16-10-8-15(9-11-16)24(20,21)18-14-6-7-14/h8-14,17-19H,3-7H2,1-2H3. The number of rotatable bonds is 6. The van der Waals surface area contributed by atoms with E-state index in [1.165, 1.54) is 24.3 Å². The largest absolute Gasteiger partial charge is 0.240 e. The maximum absolute atomic E-state index is 12.6. The zero-order chi connectivity index (χ0) is 18.2. The molecule has 0 saturated heterocycles. The molecule has 140 valence electrons. The molecule has 2 fully saturated rings. The smallest absolute Gasteiger partial charge is 0.208 e. The first-order valence-electron chi connectivity index (χ1n) is 8.84. The molecule has 0 bridgehead atoms. The van der Waals surface area contributed by atoms with E-state index in [-0.39, 0.29) is 27.8 Å². The van der Waals surface area contributed by atoms with E-state index in [0.717, 1.165) is 32.1 Å². The van der Waals surface area contributed by atoms with E-state index in [1.54, 1.807) is 0 Å². The number of hydrogen-bond acceptors (Lipinski definition) is 4. The second-order valence-corrected chi connectivity index (χ2v) is 10.8. The highest BCUT2D eigenvalue weighted by molar-refractivity contribution is 7.90. The summed E-state index contributed by atoms with van der Waals surface area (Å²) in [5.74, 6) is 0.772. The molecule has 2 aliphatic rings. The molecule has 0 aliphatic heterocycles. The van der Waals surface area contributed by atoms with Gasteiger partial charge in [-0.15, -0.1) is 0 Å². The number of sulfonamides is 2. The quantitative estimate of drug-likeness (QED) is 0.784. The van der Waals surface area contributed by atoms with Crippen LogP contribution in [0.15, 0.2) is 34.1 Å². The van der Waals surface area contributed by atoms with Crippen molar-refractivity contribution in [1.82, 2.24) is 9.44 Å². The van der Waals surface area contributed by atoms with Crippen molar-refractivity contribution in [2.75, 3.05) is 0 Å². The van der Waals surface area contributed by atoms with Crippen LogP contribution >= 0.6 is 0 Å². The highest BCUT2D eigenvalue weighted by Crippen LogP contribution is 2.30. The van der Waals surface area contributed by atoms with Crippen LogP contribution in [0.5, 0.6) is 0 Å². The van der Waals surface area contributed by atoms with E-state index in [4.69, 9.17) is 0 Å². The van der Waals surface area contributed by atoms with Crippen LogP contribution in [0.3, 0.4) is 0 Å². The van der Waals surface area contributed by atoms with Gasteiger partial charge in [-0.3, -0.25) is 0 Å². The third-order valence-corrected chi connectivity index (χ3v) is 8.40. The number of hydrogen-bond donors (Lipinski definition) is 2. The van der Waals surface area contributed by atoms with Crippen LogP contribution < -0.4 is 9.44 Å². The van der Waals surface area contributed by atoms with Crippen LogP contribution in [0.4, 0.5) is 0 Å². The fourth-order valence-corrected chi connectivity index (χ4v) is 5.97. The first kappa shape index (κ1) is 18.8. The minimum Gasteiger partial charge on any atom is -0.208 e. The fraction of sp³-hybridized carbons (Fsp3) is 0.647. The van der Waals surface area contributed by atoms with Crippen molar-refractivity contribution < 1.29 is 16.8 Å². The Morgan fingerprint density at radius 1 is 0.800 bits per heavy atom. The number of nitrogens with one attached hydrogen (secondary N) is 2. The molecule has 8 heteroatoms. The van der Waals surface area contributed by atoms with Crippen LogP contribution in [-0.2, 0) is 20.0 Å². The molecule has 0 spiro atoms. The summed E-state index contributed by atoms with van der Waals surface area (Å²) in [6.07, 6.45) is 4.69. The molecular weight excluding hydrogens is 360 g/mol. The third kappa shape index (κ3) is 4.42. The van der Waals surface area contributed by atoms with Crippen LogP contribution in [0.25, 0.3) is 0 Å². The average Bonchev–Trinajstić information content (AvgIpc) is 3.35. The van der Waals surface area contributed by atoms with Gasteiger partial charge in [-0.05, 0) is 55.4 Å². The minimum absolute atomic E-state index is 0.0184. The Labute approximate surface area is 150 Å². The van der Waals surface area contributed by atoms with Crippen LogP contribution in [0, 0.1) is 11.8 Å². The molecule has 0 amide bonds. The molecule has 2 N–H and O–H groups in total. The summed E-state index contributed by atoms with van der Waals surface area (Å²) in [6, 6.07) is 5.37. The second kappa shape index (κ2) is 6.98. The van der Waals surface area contributed by atoms with E-state index >= 15 is 0 Å². The number of benzene rings is 1. The van der Waals surface area contributed by atoms with Crippen molar-refractivity contribution in [1.29, 1.82) is 0 Å². The van der Waals surface area contributed by atoms with E-state index < -0.39 is 20.0 Å². The van der Waals surface area contributed by atoms with Crippen molar-refractivity contribution in [2.45, 2.75) is 67.8 Å². The normalized spacial score (nSPS) is 28.0. The van der Waals surface area contributed by atoms with Gasteiger partial charge in [0.05, 0.1) is 9.79 Å². The van der Waals surface area contributed by atoms with Crippen molar-refractivity contribution >= 4 is 20.0 Å². The lowest BCUT2D eigenvalue weighted by Gasteiger charge is -2.34. The summed E-state index contributed by atoms with van der Waals surface area (Å²) in [5.41, 5.74) is 0. The van der Waals surface area contributed by atoms with Crippen molar-refractivity contribution in [3.63, 3.8) is 0 Å². The molecule has 3 atom stereocenters. The molecule has 0 aromatic heterocycles. The second-order valence-electron chi connectivity index (χ2n) is 7.36. The van der Waals surface area contributed by atoms with Crippen LogP contribution in [0.2, 0.25) is 0 Å². The van der Waals surface area contributed by atoms with Crippen LogP contribution in [0.1, 0.15) is 46.0 Å². The van der Waals surface area contributed by atoms with E-state index in [2.05, 4.69) is 23.3 Å². The summed E-state index contributed by atoms with van der Waals surface area (Å²) in [6.45, 7) is 4.23. The van der Waals surface area contributed by atoms with Crippen molar-refractivity contribution in [2.24, 2.45) is 11.8 Å². The predicted octanol–water partition coefficient (Wildman–Crippen LogP) is 2.23. The summed E-state index contributed by atoms with van der Waals surface area (Å²) < 4.78 is 55.0. The molecule has 1 aromatic rings. The molecule has 3 unspecified atom stereocenters. The Hall–Kier alpha value is -0.960. The van der Waals surface area contributed by atoms with Crippen LogP contribution in [-0.4, -0.2) is 28.9 Å². The molecule has 1 aromatic carbocycles. The molecule has 0 radical (unpaired) electrons. The highest BCUT2D eigenvalue weighted by Gasteiger charge is 2.31. The molecule has 25 heavy (non-hydrogen) atoms. The molecular formula is C17H26N2O4S2. The fourth-order valence-electron chi connectivity index (χ4n) is 3.30. The maximum atomic E-state index is 12.6. The van der Waals surface area contributed by atoms with Gasteiger partial charge in [0.1, 0.15) is 0 Å². The lowest BCUT2D eigenvalue weighted by molar-refractivity contribution is 0.227. The highest BCUT2D eigenvalue weighted by atomic mass is 32.2. The van der Waals surface area contributed by atoms with Gasteiger partial charge >= 0.3 is 0 Å². The zero-order valence-electron chi connectivity index (χ0n) is 14.6. The van der Waals surface area contributed by atoms with Crippen molar-refractivity contribution in [3.05, 3.63) is 24.3 Å². The monoisotopic (exact) mass is 386 g/mol. The predicted molar refractivity (Wildman–Crippen MR) is 96.1 cm³/mol. The van der Waals surface area contributed by atoms with Gasteiger partial charge in [0.25, 0.3) is 0 Å². The molecule has 3 rings (SSSR count). The Morgan fingerprint density at radius 2 is 1.32 bits per heavy atom. The van der Waals surface area contributed by atoms with Gasteiger partial charge in [-0.1, -0.05) is 26.7 Å². The van der Waals surface area contributed by atoms with Gasteiger partial charge in [0.2, 0.25) is 20.0 Å². The first-order chi connectivity index (χ1) is 11.7. The van der Waals surface area contributed by atoms with Gasteiger partial charge in [-0.25, -0.2) is 26.3 Å². The maximum Gasteiger partial charge on any atom is 0.240 e. The summed E-state index contributed by atoms with van der Waals surface area (Å²) in [4.78, 5) is 0.196. The summed E-state index contributed by atoms with van der Waals surface area (Å²) in [7, 11) is -7.22. The molecule has 2 saturated carbocycles. The van der Waals surface area contributed by atoms with Crippen molar-refractivity contribution in [3.8, 4) is 0 Å². The zero-order valence-corrected chi connectivity index (χ0v) is 16.2. The van der Waals surface area contributed by atoms with Gasteiger partial charge in [0.15, 0.2) is 0 Å². The first-order valence-corrected chi connectivity index (χ1v) is 11.8.